The highest BCUT2D eigenvalue weighted by Crippen LogP contribution is 2.13. The highest BCUT2D eigenvalue weighted by Gasteiger charge is 2.22. The van der Waals surface area contributed by atoms with Crippen LogP contribution >= 0.6 is 0 Å². The van der Waals surface area contributed by atoms with Crippen LogP contribution in [-0.4, -0.2) is 25.0 Å². The summed E-state index contributed by atoms with van der Waals surface area (Å²) in [5.74, 6) is -2.70. The number of benzene rings is 1. The molecular formula is C14H16F2N2O3. The van der Waals surface area contributed by atoms with Crippen molar-refractivity contribution in [1.29, 1.82) is 0 Å². The Morgan fingerprint density at radius 3 is 2.76 bits per heavy atom. The maximum Gasteiger partial charge on any atom is 0.243 e. The Labute approximate surface area is 120 Å². The Balaban J connectivity index is 1.80. The van der Waals surface area contributed by atoms with Gasteiger partial charge >= 0.3 is 0 Å². The lowest BCUT2D eigenvalue weighted by molar-refractivity contribution is -0.133. The average molecular weight is 298 g/mol. The highest BCUT2D eigenvalue weighted by atomic mass is 19.1. The molecule has 0 radical (unpaired) electrons. The number of ether oxygens (including phenoxy) is 1. The lowest BCUT2D eigenvalue weighted by atomic mass is 10.0. The Kier molecular flexibility index (Phi) is 5.21. The minimum absolute atomic E-state index is 0.0594. The molecule has 2 N–H and O–H groups in total. The Morgan fingerprint density at radius 1 is 1.29 bits per heavy atom. The molecule has 1 fully saturated rings. The number of rotatable bonds is 3. The van der Waals surface area contributed by atoms with E-state index < -0.39 is 17.5 Å². The molecule has 1 aromatic rings. The van der Waals surface area contributed by atoms with E-state index in [-0.39, 0.29) is 23.8 Å². The van der Waals surface area contributed by atoms with E-state index >= 15 is 0 Å². The number of hydrazine groups is 1. The average Bonchev–Trinajstić information content (AvgIpc) is 2.48. The summed E-state index contributed by atoms with van der Waals surface area (Å²) in [4.78, 5) is 23.4. The molecule has 1 aliphatic heterocycles. The number of carbonyl (C=O) groups excluding carboxylic acids is 2. The summed E-state index contributed by atoms with van der Waals surface area (Å²) in [5, 5.41) is 0. The van der Waals surface area contributed by atoms with E-state index in [0.29, 0.717) is 25.7 Å². The molecule has 21 heavy (non-hydrogen) atoms. The van der Waals surface area contributed by atoms with Gasteiger partial charge in [-0.15, -0.1) is 0 Å². The van der Waals surface area contributed by atoms with Crippen LogP contribution in [0.5, 0.6) is 0 Å². The Hall–Kier alpha value is -2.02. The van der Waals surface area contributed by atoms with Crippen LogP contribution in [0.15, 0.2) is 18.2 Å². The fraction of sp³-hybridized carbons (Fsp3) is 0.429. The van der Waals surface area contributed by atoms with Crippen molar-refractivity contribution in [3.8, 4) is 0 Å². The van der Waals surface area contributed by atoms with E-state index in [2.05, 4.69) is 10.9 Å². The van der Waals surface area contributed by atoms with Crippen LogP contribution in [0.4, 0.5) is 8.78 Å². The number of amides is 2. The van der Waals surface area contributed by atoms with E-state index in [9.17, 15) is 18.4 Å². The van der Waals surface area contributed by atoms with Crippen LogP contribution in [0.2, 0.25) is 0 Å². The zero-order valence-electron chi connectivity index (χ0n) is 11.3. The fourth-order valence-corrected chi connectivity index (χ4v) is 2.06. The van der Waals surface area contributed by atoms with Crippen LogP contribution in [0.25, 0.3) is 0 Å². The van der Waals surface area contributed by atoms with Gasteiger partial charge in [-0.3, -0.25) is 20.4 Å². The SMILES string of the molecule is O=C(Cc1ccc(F)cc1F)NNC(=O)[C@H]1CCCOC1. The molecule has 0 saturated carbocycles. The number of nitrogens with one attached hydrogen (secondary N) is 2. The molecule has 114 valence electrons. The van der Waals surface area contributed by atoms with Gasteiger partial charge in [0.05, 0.1) is 18.9 Å². The normalized spacial score (nSPS) is 18.1. The monoisotopic (exact) mass is 298 g/mol. The first kappa shape index (κ1) is 15.4. The second-order valence-corrected chi connectivity index (χ2v) is 4.86. The van der Waals surface area contributed by atoms with Crippen LogP contribution < -0.4 is 10.9 Å². The van der Waals surface area contributed by atoms with Crippen molar-refractivity contribution in [1.82, 2.24) is 10.9 Å². The van der Waals surface area contributed by atoms with Crippen molar-refractivity contribution in [2.24, 2.45) is 5.92 Å². The number of hydrogen-bond acceptors (Lipinski definition) is 3. The van der Waals surface area contributed by atoms with Crippen LogP contribution in [-0.2, 0) is 20.7 Å². The smallest absolute Gasteiger partial charge is 0.243 e. The van der Waals surface area contributed by atoms with E-state index in [1.165, 1.54) is 6.07 Å². The summed E-state index contributed by atoms with van der Waals surface area (Å²) in [7, 11) is 0. The first-order valence-corrected chi connectivity index (χ1v) is 6.66. The predicted octanol–water partition coefficient (Wildman–Crippen LogP) is 1.08. The summed E-state index contributed by atoms with van der Waals surface area (Å²) >= 11 is 0. The molecule has 1 aromatic carbocycles. The molecule has 1 aliphatic rings. The minimum atomic E-state index is -0.794. The maximum absolute atomic E-state index is 13.4. The standard InChI is InChI=1S/C14H16F2N2O3/c15-11-4-3-9(12(16)7-11)6-13(19)17-18-14(20)10-2-1-5-21-8-10/h3-4,7,10H,1-2,5-6,8H2,(H,17,19)(H,18,20)/t10-/m0/s1. The second kappa shape index (κ2) is 7.12. The van der Waals surface area contributed by atoms with Gasteiger partial charge in [-0.25, -0.2) is 8.78 Å². The second-order valence-electron chi connectivity index (χ2n) is 4.86. The van der Waals surface area contributed by atoms with Crippen LogP contribution in [0.3, 0.4) is 0 Å². The summed E-state index contributed by atoms with van der Waals surface area (Å²) < 4.78 is 31.3. The van der Waals surface area contributed by atoms with Gasteiger partial charge in [0.1, 0.15) is 11.6 Å². The molecular weight excluding hydrogens is 282 g/mol. The number of carbonyl (C=O) groups is 2. The summed E-state index contributed by atoms with van der Waals surface area (Å²) in [5.41, 5.74) is 4.56. The molecule has 0 bridgehead atoms. The molecule has 1 atom stereocenters. The van der Waals surface area contributed by atoms with Gasteiger partial charge in [-0.05, 0) is 24.5 Å². The van der Waals surface area contributed by atoms with Crippen LogP contribution in [0.1, 0.15) is 18.4 Å². The summed E-state index contributed by atoms with van der Waals surface area (Å²) in [6, 6.07) is 2.98. The molecule has 0 aromatic heterocycles. The molecule has 5 nitrogen and oxygen atoms in total. The van der Waals surface area contributed by atoms with Crippen molar-refractivity contribution in [2.75, 3.05) is 13.2 Å². The first-order chi connectivity index (χ1) is 10.1. The molecule has 7 heteroatoms. The summed E-state index contributed by atoms with van der Waals surface area (Å²) in [6.07, 6.45) is 1.22. The van der Waals surface area contributed by atoms with Gasteiger partial charge in [0.15, 0.2) is 0 Å². The van der Waals surface area contributed by atoms with Gasteiger partial charge in [0.2, 0.25) is 11.8 Å². The van der Waals surface area contributed by atoms with Crippen molar-refractivity contribution in [3.05, 3.63) is 35.4 Å². The Bertz CT molecular complexity index is 531. The van der Waals surface area contributed by atoms with Gasteiger partial charge < -0.3 is 4.74 Å². The molecule has 1 heterocycles. The highest BCUT2D eigenvalue weighted by molar-refractivity contribution is 5.84. The lowest BCUT2D eigenvalue weighted by Crippen LogP contribution is -2.46. The first-order valence-electron chi connectivity index (χ1n) is 6.66. The topological polar surface area (TPSA) is 67.4 Å². The third-order valence-corrected chi connectivity index (χ3v) is 3.22. The zero-order chi connectivity index (χ0) is 15.2. The quantitative estimate of drug-likeness (QED) is 0.821. The van der Waals surface area contributed by atoms with Gasteiger partial charge in [-0.1, -0.05) is 6.07 Å². The predicted molar refractivity (Wildman–Crippen MR) is 69.9 cm³/mol. The summed E-state index contributed by atoms with van der Waals surface area (Å²) in [6.45, 7) is 0.967. The van der Waals surface area contributed by atoms with E-state index in [1.54, 1.807) is 0 Å². The van der Waals surface area contributed by atoms with Gasteiger partial charge in [0, 0.05) is 12.7 Å². The molecule has 1 saturated heterocycles. The van der Waals surface area contributed by atoms with Crippen molar-refractivity contribution >= 4 is 11.8 Å². The van der Waals surface area contributed by atoms with Crippen LogP contribution in [0, 0.1) is 17.6 Å². The fourth-order valence-electron chi connectivity index (χ4n) is 2.06. The Morgan fingerprint density at radius 2 is 2.10 bits per heavy atom. The minimum Gasteiger partial charge on any atom is -0.381 e. The zero-order valence-corrected chi connectivity index (χ0v) is 11.3. The van der Waals surface area contributed by atoms with Gasteiger partial charge in [-0.2, -0.15) is 0 Å². The molecule has 2 rings (SSSR count). The molecule has 0 spiro atoms. The molecule has 0 unspecified atom stereocenters. The van der Waals surface area contributed by atoms with Crippen molar-refractivity contribution in [3.63, 3.8) is 0 Å². The maximum atomic E-state index is 13.4. The van der Waals surface area contributed by atoms with Crippen molar-refractivity contribution in [2.45, 2.75) is 19.3 Å². The third kappa shape index (κ3) is 4.49. The lowest BCUT2D eigenvalue weighted by Gasteiger charge is -2.21. The van der Waals surface area contributed by atoms with E-state index in [0.717, 1.165) is 12.5 Å². The van der Waals surface area contributed by atoms with Gasteiger partial charge in [0.25, 0.3) is 0 Å². The van der Waals surface area contributed by atoms with E-state index in [1.807, 2.05) is 0 Å². The number of hydrogen-bond donors (Lipinski definition) is 2. The third-order valence-electron chi connectivity index (χ3n) is 3.22. The largest absolute Gasteiger partial charge is 0.381 e. The number of halogens is 2. The molecule has 0 aliphatic carbocycles. The van der Waals surface area contributed by atoms with Crippen molar-refractivity contribution < 1.29 is 23.1 Å². The van der Waals surface area contributed by atoms with E-state index in [4.69, 9.17) is 4.74 Å². The molecule has 2 amide bonds.